The molecule has 0 bridgehead atoms. The van der Waals surface area contributed by atoms with Crippen LogP contribution in [0.25, 0.3) is 0 Å². The fourth-order valence-corrected chi connectivity index (χ4v) is 1.45. The van der Waals surface area contributed by atoms with Gasteiger partial charge in [0.1, 0.15) is 4.60 Å². The van der Waals surface area contributed by atoms with Crippen molar-refractivity contribution in [2.75, 3.05) is 13.2 Å². The third-order valence-electron chi connectivity index (χ3n) is 1.87. The van der Waals surface area contributed by atoms with Gasteiger partial charge in [0.2, 0.25) is 0 Å². The van der Waals surface area contributed by atoms with Crippen LogP contribution in [-0.4, -0.2) is 23.3 Å². The van der Waals surface area contributed by atoms with Gasteiger partial charge in [-0.15, -0.1) is 0 Å². The zero-order valence-electron chi connectivity index (χ0n) is 6.33. The van der Waals surface area contributed by atoms with E-state index in [9.17, 15) is 5.11 Å². The van der Waals surface area contributed by atoms with Crippen molar-refractivity contribution in [2.24, 2.45) is 0 Å². The quantitative estimate of drug-likeness (QED) is 0.733. The Morgan fingerprint density at radius 2 is 2.25 bits per heavy atom. The molecule has 12 heavy (non-hydrogen) atoms. The Morgan fingerprint density at radius 1 is 1.50 bits per heavy atom. The van der Waals surface area contributed by atoms with Crippen molar-refractivity contribution in [3.05, 3.63) is 28.5 Å². The van der Waals surface area contributed by atoms with Crippen molar-refractivity contribution in [3.8, 4) is 0 Å². The van der Waals surface area contributed by atoms with E-state index < -0.39 is 5.60 Å². The van der Waals surface area contributed by atoms with E-state index in [1.807, 2.05) is 12.1 Å². The second kappa shape index (κ2) is 2.80. The number of pyridine rings is 1. The number of halogens is 1. The lowest BCUT2D eigenvalue weighted by molar-refractivity contribution is -0.186. The Hall–Kier alpha value is -0.450. The van der Waals surface area contributed by atoms with Gasteiger partial charge in [0.15, 0.2) is 5.60 Å². The van der Waals surface area contributed by atoms with Gasteiger partial charge in [-0.25, -0.2) is 4.98 Å². The minimum Gasteiger partial charge on any atom is -0.379 e. The second-order valence-electron chi connectivity index (χ2n) is 2.87. The maximum absolute atomic E-state index is 9.80. The molecule has 0 amide bonds. The van der Waals surface area contributed by atoms with Gasteiger partial charge in [-0.3, -0.25) is 0 Å². The van der Waals surface area contributed by atoms with E-state index in [1.54, 1.807) is 6.07 Å². The molecule has 0 aliphatic carbocycles. The molecule has 64 valence electrons. The molecule has 3 nitrogen and oxygen atoms in total. The van der Waals surface area contributed by atoms with E-state index in [4.69, 9.17) is 4.74 Å². The summed E-state index contributed by atoms with van der Waals surface area (Å²) in [6, 6.07) is 5.47. The monoisotopic (exact) mass is 229 g/mol. The van der Waals surface area contributed by atoms with Crippen LogP contribution in [0.3, 0.4) is 0 Å². The standard InChI is InChI=1S/C8H8BrNO2/c9-7-3-1-2-6(10-7)8(11)4-12-5-8/h1-3,11H,4-5H2. The Balaban J connectivity index is 2.33. The predicted molar refractivity (Wildman–Crippen MR) is 46.7 cm³/mol. The molecule has 0 radical (unpaired) electrons. The second-order valence-corrected chi connectivity index (χ2v) is 3.68. The maximum Gasteiger partial charge on any atom is 0.153 e. The van der Waals surface area contributed by atoms with Crippen LogP contribution < -0.4 is 0 Å². The van der Waals surface area contributed by atoms with Crippen molar-refractivity contribution in [2.45, 2.75) is 5.60 Å². The maximum atomic E-state index is 9.80. The van der Waals surface area contributed by atoms with Crippen molar-refractivity contribution < 1.29 is 9.84 Å². The Morgan fingerprint density at radius 3 is 2.75 bits per heavy atom. The molecule has 2 rings (SSSR count). The fourth-order valence-electron chi connectivity index (χ4n) is 1.11. The first kappa shape index (κ1) is 8.16. The average molecular weight is 230 g/mol. The van der Waals surface area contributed by atoms with Gasteiger partial charge in [0, 0.05) is 0 Å². The number of nitrogens with zero attached hydrogens (tertiary/aromatic N) is 1. The van der Waals surface area contributed by atoms with E-state index in [1.165, 1.54) is 0 Å². The van der Waals surface area contributed by atoms with Crippen LogP contribution in [0.15, 0.2) is 22.8 Å². The predicted octanol–water partition coefficient (Wildman–Crippen LogP) is 1.06. The highest BCUT2D eigenvalue weighted by Crippen LogP contribution is 2.28. The fraction of sp³-hybridized carbons (Fsp3) is 0.375. The molecule has 0 aromatic carbocycles. The number of hydrogen-bond donors (Lipinski definition) is 1. The molecule has 1 aliphatic heterocycles. The molecular weight excluding hydrogens is 222 g/mol. The lowest BCUT2D eigenvalue weighted by atomic mass is 9.97. The number of aromatic nitrogens is 1. The summed E-state index contributed by atoms with van der Waals surface area (Å²) in [5.74, 6) is 0. The zero-order valence-corrected chi connectivity index (χ0v) is 7.91. The van der Waals surface area contributed by atoms with E-state index in [0.29, 0.717) is 18.9 Å². The molecule has 2 heterocycles. The van der Waals surface area contributed by atoms with Crippen molar-refractivity contribution in [1.29, 1.82) is 0 Å². The van der Waals surface area contributed by atoms with Crippen LogP contribution in [0.1, 0.15) is 5.69 Å². The normalized spacial score (nSPS) is 20.2. The van der Waals surface area contributed by atoms with Gasteiger partial charge in [-0.2, -0.15) is 0 Å². The molecule has 1 aromatic heterocycles. The van der Waals surface area contributed by atoms with Gasteiger partial charge in [0.25, 0.3) is 0 Å². The summed E-state index contributed by atoms with van der Waals surface area (Å²) < 4.78 is 5.66. The van der Waals surface area contributed by atoms with Crippen LogP contribution in [0, 0.1) is 0 Å². The van der Waals surface area contributed by atoms with Gasteiger partial charge in [0.05, 0.1) is 18.9 Å². The van der Waals surface area contributed by atoms with Crippen molar-refractivity contribution >= 4 is 15.9 Å². The first-order valence-electron chi connectivity index (χ1n) is 3.64. The minimum absolute atomic E-state index is 0.344. The summed E-state index contributed by atoms with van der Waals surface area (Å²) in [5, 5.41) is 9.80. The Bertz CT molecular complexity index is 299. The average Bonchev–Trinajstić information content (AvgIpc) is 2.00. The highest BCUT2D eigenvalue weighted by Gasteiger charge is 2.39. The van der Waals surface area contributed by atoms with Crippen LogP contribution >= 0.6 is 15.9 Å². The Kier molecular flexibility index (Phi) is 1.90. The molecule has 1 N–H and O–H groups in total. The van der Waals surface area contributed by atoms with Gasteiger partial charge < -0.3 is 9.84 Å². The molecule has 1 aliphatic rings. The van der Waals surface area contributed by atoms with Crippen LogP contribution in [0.4, 0.5) is 0 Å². The number of rotatable bonds is 1. The van der Waals surface area contributed by atoms with Crippen LogP contribution in [0.5, 0.6) is 0 Å². The largest absolute Gasteiger partial charge is 0.379 e. The van der Waals surface area contributed by atoms with Gasteiger partial charge in [-0.05, 0) is 28.1 Å². The molecule has 4 heteroatoms. The van der Waals surface area contributed by atoms with E-state index in [-0.39, 0.29) is 0 Å². The summed E-state index contributed by atoms with van der Waals surface area (Å²) >= 11 is 3.24. The number of ether oxygens (including phenoxy) is 1. The molecule has 0 unspecified atom stereocenters. The summed E-state index contributed by atoms with van der Waals surface area (Å²) in [6.07, 6.45) is 0. The van der Waals surface area contributed by atoms with E-state index in [0.717, 1.165) is 4.60 Å². The van der Waals surface area contributed by atoms with Crippen molar-refractivity contribution in [1.82, 2.24) is 4.98 Å². The first-order chi connectivity index (χ1) is 5.71. The van der Waals surface area contributed by atoms with E-state index >= 15 is 0 Å². The number of aliphatic hydroxyl groups is 1. The Labute approximate surface area is 78.5 Å². The highest BCUT2D eigenvalue weighted by atomic mass is 79.9. The third-order valence-corrected chi connectivity index (χ3v) is 2.32. The lowest BCUT2D eigenvalue weighted by Gasteiger charge is -2.35. The minimum atomic E-state index is -0.857. The highest BCUT2D eigenvalue weighted by molar-refractivity contribution is 9.10. The van der Waals surface area contributed by atoms with Gasteiger partial charge >= 0.3 is 0 Å². The van der Waals surface area contributed by atoms with Gasteiger partial charge in [-0.1, -0.05) is 6.07 Å². The zero-order chi connectivity index (χ0) is 8.60. The molecule has 0 saturated carbocycles. The number of hydrogen-bond acceptors (Lipinski definition) is 3. The molecular formula is C8H8BrNO2. The smallest absolute Gasteiger partial charge is 0.153 e. The third kappa shape index (κ3) is 1.26. The van der Waals surface area contributed by atoms with E-state index in [2.05, 4.69) is 20.9 Å². The molecule has 1 fully saturated rings. The first-order valence-corrected chi connectivity index (χ1v) is 4.43. The van der Waals surface area contributed by atoms with Crippen LogP contribution in [0.2, 0.25) is 0 Å². The molecule has 1 aromatic rings. The molecule has 0 spiro atoms. The molecule has 0 atom stereocenters. The SMILES string of the molecule is OC1(c2cccc(Br)n2)COC1. The molecule has 1 saturated heterocycles. The van der Waals surface area contributed by atoms with Crippen molar-refractivity contribution in [3.63, 3.8) is 0 Å². The summed E-state index contributed by atoms with van der Waals surface area (Å²) in [7, 11) is 0. The topological polar surface area (TPSA) is 42.4 Å². The summed E-state index contributed by atoms with van der Waals surface area (Å²) in [5.41, 5.74) is -0.188. The summed E-state index contributed by atoms with van der Waals surface area (Å²) in [6.45, 7) is 0.687. The van der Waals surface area contributed by atoms with Crippen LogP contribution in [-0.2, 0) is 10.3 Å². The summed E-state index contributed by atoms with van der Waals surface area (Å²) in [4.78, 5) is 4.15. The lowest BCUT2D eigenvalue weighted by Crippen LogP contribution is -2.47.